The van der Waals surface area contributed by atoms with Gasteiger partial charge in [-0.15, -0.1) is 0 Å². The van der Waals surface area contributed by atoms with E-state index in [2.05, 4.69) is 15.4 Å². The van der Waals surface area contributed by atoms with Crippen LogP contribution >= 0.6 is 0 Å². The normalized spacial score (nSPS) is 10.9. The van der Waals surface area contributed by atoms with E-state index in [0.29, 0.717) is 6.54 Å². The lowest BCUT2D eigenvalue weighted by Gasteiger charge is -2.06. The molecule has 8 heteroatoms. The first-order valence-corrected chi connectivity index (χ1v) is 8.41. The van der Waals surface area contributed by atoms with Gasteiger partial charge in [-0.25, -0.2) is 18.3 Å². The number of H-pyrrole nitrogens is 1. The maximum Gasteiger partial charge on any atom is 0.273 e. The van der Waals surface area contributed by atoms with Crippen LogP contribution in [0.3, 0.4) is 0 Å². The van der Waals surface area contributed by atoms with Gasteiger partial charge in [0.05, 0.1) is 5.69 Å². The van der Waals surface area contributed by atoms with E-state index >= 15 is 0 Å². The van der Waals surface area contributed by atoms with Crippen LogP contribution in [-0.2, 0) is 6.54 Å². The topological polar surface area (TPSA) is 79.3 Å². The van der Waals surface area contributed by atoms with Crippen molar-refractivity contribution in [1.29, 1.82) is 0 Å². The molecule has 0 saturated heterocycles. The smallest absolute Gasteiger partial charge is 0.273 e. The fourth-order valence-electron chi connectivity index (χ4n) is 2.85. The van der Waals surface area contributed by atoms with Crippen LogP contribution < -0.4 is 10.9 Å². The first-order valence-electron chi connectivity index (χ1n) is 8.41. The Morgan fingerprint density at radius 2 is 1.89 bits per heavy atom. The molecule has 0 atom stereocenters. The van der Waals surface area contributed by atoms with Gasteiger partial charge in [-0.3, -0.25) is 14.7 Å². The number of benzene rings is 2. The van der Waals surface area contributed by atoms with Crippen molar-refractivity contribution in [2.75, 3.05) is 0 Å². The van der Waals surface area contributed by atoms with Gasteiger partial charge in [0.15, 0.2) is 5.65 Å². The molecule has 28 heavy (non-hydrogen) atoms. The Kier molecular flexibility index (Phi) is 4.44. The molecule has 0 spiro atoms. The molecule has 4 rings (SSSR count). The summed E-state index contributed by atoms with van der Waals surface area (Å²) in [6.45, 7) is 0.291. The van der Waals surface area contributed by atoms with Gasteiger partial charge < -0.3 is 5.32 Å². The summed E-state index contributed by atoms with van der Waals surface area (Å²) in [7, 11) is 0. The Labute approximate surface area is 157 Å². The van der Waals surface area contributed by atoms with Crippen LogP contribution in [0.15, 0.2) is 65.6 Å². The molecule has 2 aromatic carbocycles. The minimum absolute atomic E-state index is 0.0247. The number of hydrogen-bond donors (Lipinski definition) is 2. The predicted molar refractivity (Wildman–Crippen MR) is 98.8 cm³/mol. The summed E-state index contributed by atoms with van der Waals surface area (Å²) in [4.78, 5) is 29.1. The highest BCUT2D eigenvalue weighted by atomic mass is 19.1. The van der Waals surface area contributed by atoms with Gasteiger partial charge in [-0.05, 0) is 23.8 Å². The highest BCUT2D eigenvalue weighted by Gasteiger charge is 2.17. The van der Waals surface area contributed by atoms with E-state index in [9.17, 15) is 18.4 Å². The molecule has 4 aromatic rings. The van der Waals surface area contributed by atoms with Gasteiger partial charge in [-0.2, -0.15) is 0 Å². The van der Waals surface area contributed by atoms with Crippen LogP contribution in [0.1, 0.15) is 15.9 Å². The largest absolute Gasteiger partial charge is 0.348 e. The summed E-state index contributed by atoms with van der Waals surface area (Å²) in [6, 6.07) is 13.3. The molecule has 0 bridgehead atoms. The molecule has 0 aliphatic heterocycles. The predicted octanol–water partition coefficient (Wildman–Crippen LogP) is 2.90. The summed E-state index contributed by atoms with van der Waals surface area (Å²) in [5, 5.41) is 5.40. The van der Waals surface area contributed by atoms with Crippen molar-refractivity contribution < 1.29 is 13.6 Å². The molecule has 0 aliphatic rings. The van der Waals surface area contributed by atoms with Crippen LogP contribution in [0.5, 0.6) is 0 Å². The SMILES string of the molecule is O=C(NCc1ccccc1)c1c[nH]n2c(=O)cc(-c3cc(F)ccc3F)nc12. The number of amides is 1. The second-order valence-corrected chi connectivity index (χ2v) is 6.12. The minimum Gasteiger partial charge on any atom is -0.348 e. The molecule has 6 nitrogen and oxygen atoms in total. The van der Waals surface area contributed by atoms with Gasteiger partial charge in [0.25, 0.3) is 11.5 Å². The summed E-state index contributed by atoms with van der Waals surface area (Å²) in [6.07, 6.45) is 1.34. The number of aromatic nitrogens is 3. The second-order valence-electron chi connectivity index (χ2n) is 6.12. The fourth-order valence-corrected chi connectivity index (χ4v) is 2.85. The fraction of sp³-hybridized carbons (Fsp3) is 0.0500. The zero-order valence-electron chi connectivity index (χ0n) is 14.4. The van der Waals surface area contributed by atoms with Crippen LogP contribution in [0, 0.1) is 11.6 Å². The first-order chi connectivity index (χ1) is 13.5. The number of halogens is 2. The number of carbonyl (C=O) groups is 1. The third-order valence-corrected chi connectivity index (χ3v) is 4.24. The van der Waals surface area contributed by atoms with Crippen molar-refractivity contribution >= 4 is 11.6 Å². The molecule has 0 unspecified atom stereocenters. The van der Waals surface area contributed by atoms with E-state index in [-0.39, 0.29) is 22.5 Å². The van der Waals surface area contributed by atoms with Crippen molar-refractivity contribution in [2.24, 2.45) is 0 Å². The van der Waals surface area contributed by atoms with Crippen molar-refractivity contribution in [3.63, 3.8) is 0 Å². The Morgan fingerprint density at radius 1 is 1.11 bits per heavy atom. The summed E-state index contributed by atoms with van der Waals surface area (Å²) in [5.74, 6) is -1.83. The molecule has 0 radical (unpaired) electrons. The highest BCUT2D eigenvalue weighted by Crippen LogP contribution is 2.22. The quantitative estimate of drug-likeness (QED) is 0.571. The van der Waals surface area contributed by atoms with E-state index in [0.717, 1.165) is 34.3 Å². The molecule has 2 heterocycles. The molecule has 2 N–H and O–H groups in total. The van der Waals surface area contributed by atoms with Crippen molar-refractivity contribution in [2.45, 2.75) is 6.54 Å². The molecular formula is C20H14F2N4O2. The zero-order valence-corrected chi connectivity index (χ0v) is 14.4. The van der Waals surface area contributed by atoms with Crippen LogP contribution in [0.25, 0.3) is 16.9 Å². The number of carbonyl (C=O) groups excluding carboxylic acids is 1. The van der Waals surface area contributed by atoms with E-state index in [1.165, 1.54) is 6.20 Å². The van der Waals surface area contributed by atoms with Crippen molar-refractivity contribution in [1.82, 2.24) is 19.9 Å². The number of nitrogens with one attached hydrogen (secondary N) is 2. The summed E-state index contributed by atoms with van der Waals surface area (Å²) in [5.41, 5.74) is 0.285. The van der Waals surface area contributed by atoms with Gasteiger partial charge in [0.1, 0.15) is 17.2 Å². The number of nitrogens with zero attached hydrogens (tertiary/aromatic N) is 2. The lowest BCUT2D eigenvalue weighted by atomic mass is 10.1. The summed E-state index contributed by atoms with van der Waals surface area (Å²) < 4.78 is 28.7. The third kappa shape index (κ3) is 3.27. The number of rotatable bonds is 4. The van der Waals surface area contributed by atoms with E-state index in [1.807, 2.05) is 30.3 Å². The van der Waals surface area contributed by atoms with E-state index in [1.54, 1.807) is 0 Å². The Morgan fingerprint density at radius 3 is 2.68 bits per heavy atom. The lowest BCUT2D eigenvalue weighted by Crippen LogP contribution is -2.23. The third-order valence-electron chi connectivity index (χ3n) is 4.24. The molecule has 140 valence electrons. The van der Waals surface area contributed by atoms with Gasteiger partial charge in [0, 0.05) is 24.4 Å². The van der Waals surface area contributed by atoms with E-state index in [4.69, 9.17) is 0 Å². The van der Waals surface area contributed by atoms with Crippen molar-refractivity contribution in [3.8, 4) is 11.3 Å². The Hall–Kier alpha value is -3.81. The maximum atomic E-state index is 14.1. The van der Waals surface area contributed by atoms with Gasteiger partial charge in [-0.1, -0.05) is 30.3 Å². The zero-order chi connectivity index (χ0) is 19.7. The maximum absolute atomic E-state index is 14.1. The number of aromatic amines is 1. The highest BCUT2D eigenvalue weighted by molar-refractivity contribution is 5.99. The van der Waals surface area contributed by atoms with Gasteiger partial charge >= 0.3 is 0 Å². The standard InChI is InChI=1S/C20H14F2N4O2/c21-13-6-7-16(22)14(8-13)17-9-18(27)26-19(25-17)15(11-24-26)20(28)23-10-12-4-2-1-3-5-12/h1-9,11,24H,10H2,(H,23,28). The lowest BCUT2D eigenvalue weighted by molar-refractivity contribution is 0.0952. The molecule has 1 amide bonds. The van der Waals surface area contributed by atoms with E-state index < -0.39 is 23.1 Å². The van der Waals surface area contributed by atoms with Crippen molar-refractivity contribution in [3.05, 3.63) is 93.9 Å². The molecule has 0 saturated carbocycles. The molecule has 0 aliphatic carbocycles. The molecule has 2 aromatic heterocycles. The summed E-state index contributed by atoms with van der Waals surface area (Å²) >= 11 is 0. The number of hydrogen-bond acceptors (Lipinski definition) is 3. The molecular weight excluding hydrogens is 366 g/mol. The average Bonchev–Trinajstić information content (AvgIpc) is 3.13. The average molecular weight is 380 g/mol. The van der Waals surface area contributed by atoms with Gasteiger partial charge in [0.2, 0.25) is 0 Å². The number of fused-ring (bicyclic) bond motifs is 1. The second kappa shape index (κ2) is 7.07. The first kappa shape index (κ1) is 17.6. The van der Waals surface area contributed by atoms with Crippen LogP contribution in [0.2, 0.25) is 0 Å². The Bertz CT molecular complexity index is 1230. The minimum atomic E-state index is -0.719. The Balaban J connectivity index is 1.72. The van der Waals surface area contributed by atoms with Crippen LogP contribution in [0.4, 0.5) is 8.78 Å². The van der Waals surface area contributed by atoms with Crippen LogP contribution in [-0.4, -0.2) is 20.5 Å². The molecule has 0 fully saturated rings. The monoisotopic (exact) mass is 380 g/mol.